The maximum atomic E-state index is 11.5. The molecule has 196 valence electrons. The minimum atomic E-state index is -0.591. The predicted octanol–water partition coefficient (Wildman–Crippen LogP) is 6.60. The summed E-state index contributed by atoms with van der Waals surface area (Å²) in [7, 11) is 0. The molecule has 2 fully saturated rings. The molecule has 0 bridgehead atoms. The van der Waals surface area contributed by atoms with Crippen LogP contribution in [0.2, 0.25) is 0 Å². The second-order valence-corrected chi connectivity index (χ2v) is 12.0. The van der Waals surface area contributed by atoms with Crippen LogP contribution in [0.25, 0.3) is 0 Å². The van der Waals surface area contributed by atoms with Crippen LogP contribution in [-0.4, -0.2) is 34.9 Å². The molecule has 0 aromatic heterocycles. The van der Waals surface area contributed by atoms with Gasteiger partial charge in [0.15, 0.2) is 0 Å². The van der Waals surface area contributed by atoms with Gasteiger partial charge < -0.3 is 14.6 Å². The van der Waals surface area contributed by atoms with Crippen molar-refractivity contribution < 1.29 is 24.2 Å². The zero-order valence-corrected chi connectivity index (χ0v) is 22.7. The molecule has 3 rings (SSSR count). The Bertz CT molecular complexity index is 848. The molecule has 0 saturated heterocycles. The van der Waals surface area contributed by atoms with Crippen molar-refractivity contribution in [3.63, 3.8) is 0 Å². The van der Waals surface area contributed by atoms with Crippen molar-refractivity contribution >= 4 is 11.9 Å². The first-order valence-corrected chi connectivity index (χ1v) is 13.5. The highest BCUT2D eigenvalue weighted by Gasteiger charge is 2.45. The van der Waals surface area contributed by atoms with Gasteiger partial charge in [0.25, 0.3) is 0 Å². The monoisotopic (exact) mass is 486 g/mol. The number of ether oxygens (including phenoxy) is 2. The number of fused-ring (bicyclic) bond motifs is 1. The number of hydrogen-bond acceptors (Lipinski definition) is 5. The van der Waals surface area contributed by atoms with Gasteiger partial charge in [0.05, 0.1) is 5.60 Å². The van der Waals surface area contributed by atoms with Gasteiger partial charge in [-0.3, -0.25) is 9.59 Å². The van der Waals surface area contributed by atoms with Crippen molar-refractivity contribution in [2.75, 3.05) is 0 Å². The van der Waals surface area contributed by atoms with E-state index in [0.29, 0.717) is 31.1 Å². The fourth-order valence-electron chi connectivity index (χ4n) is 6.75. The molecule has 3 aliphatic rings. The zero-order chi connectivity index (χ0) is 25.8. The van der Waals surface area contributed by atoms with Crippen LogP contribution in [-0.2, 0) is 19.1 Å². The lowest BCUT2D eigenvalue weighted by Crippen LogP contribution is -2.33. The molecule has 3 aliphatic carbocycles. The average molecular weight is 487 g/mol. The van der Waals surface area contributed by atoms with Crippen LogP contribution in [0.5, 0.6) is 0 Å². The zero-order valence-electron chi connectivity index (χ0n) is 22.7. The largest absolute Gasteiger partial charge is 0.462 e. The lowest BCUT2D eigenvalue weighted by molar-refractivity contribution is -0.154. The van der Waals surface area contributed by atoms with Crippen LogP contribution in [0, 0.1) is 17.3 Å². The number of rotatable bonds is 8. The molecule has 0 radical (unpaired) electrons. The topological polar surface area (TPSA) is 72.8 Å². The van der Waals surface area contributed by atoms with E-state index in [9.17, 15) is 14.7 Å². The molecule has 5 atom stereocenters. The molecule has 0 aromatic rings. The second kappa shape index (κ2) is 11.5. The average Bonchev–Trinajstić information content (AvgIpc) is 3.07. The maximum Gasteiger partial charge on any atom is 0.302 e. The van der Waals surface area contributed by atoms with Crippen molar-refractivity contribution in [1.82, 2.24) is 0 Å². The molecule has 0 spiro atoms. The summed E-state index contributed by atoms with van der Waals surface area (Å²) < 4.78 is 11.0. The van der Waals surface area contributed by atoms with Gasteiger partial charge >= 0.3 is 11.9 Å². The lowest BCUT2D eigenvalue weighted by atomic mass is 9.62. The highest BCUT2D eigenvalue weighted by atomic mass is 16.6. The smallest absolute Gasteiger partial charge is 0.302 e. The minimum Gasteiger partial charge on any atom is -0.462 e. The van der Waals surface area contributed by atoms with E-state index in [1.54, 1.807) is 5.57 Å². The van der Waals surface area contributed by atoms with E-state index in [1.807, 2.05) is 13.8 Å². The van der Waals surface area contributed by atoms with Crippen molar-refractivity contribution in [1.29, 1.82) is 0 Å². The number of hydrogen-bond donors (Lipinski definition) is 1. The molecule has 1 N–H and O–H groups in total. The Labute approximate surface area is 212 Å². The Hall–Kier alpha value is -1.88. The van der Waals surface area contributed by atoms with E-state index in [1.165, 1.54) is 37.8 Å². The van der Waals surface area contributed by atoms with E-state index >= 15 is 0 Å². The van der Waals surface area contributed by atoms with Crippen LogP contribution in [0.4, 0.5) is 0 Å². The standard InChI is InChI=1S/C30H46O5/c1-20(9-7-15-29(4,5)33)27-13-14-28-24(10-8-16-30(27,28)6)12-11-23-17-25(34-21(2)31)19-26(18-23)35-22(3)32/h11-13,20,25-26,28,33H,7-10,14-19H2,1-6H3/b23-11?,24-12+/t20?,25-,26?,28?,30-/m1/s1. The van der Waals surface area contributed by atoms with Crippen molar-refractivity contribution in [3.05, 3.63) is 34.9 Å². The molecule has 0 heterocycles. The fraction of sp³-hybridized carbons (Fsp3) is 0.733. The first-order valence-electron chi connectivity index (χ1n) is 13.5. The molecule has 35 heavy (non-hydrogen) atoms. The number of carbonyl (C=O) groups excluding carboxylic acids is 2. The number of carbonyl (C=O) groups is 2. The van der Waals surface area contributed by atoms with Crippen LogP contribution in [0.1, 0.15) is 106 Å². The van der Waals surface area contributed by atoms with E-state index in [0.717, 1.165) is 32.1 Å². The van der Waals surface area contributed by atoms with Crippen molar-refractivity contribution in [2.24, 2.45) is 17.3 Å². The minimum absolute atomic E-state index is 0.212. The molecule has 0 aliphatic heterocycles. The van der Waals surface area contributed by atoms with E-state index in [-0.39, 0.29) is 29.6 Å². The summed E-state index contributed by atoms with van der Waals surface area (Å²) >= 11 is 0. The van der Waals surface area contributed by atoms with Gasteiger partial charge in [-0.05, 0) is 69.6 Å². The molecular formula is C30H46O5. The number of esters is 2. The Kier molecular flexibility index (Phi) is 9.06. The molecule has 5 nitrogen and oxygen atoms in total. The normalized spacial score (nSPS) is 32.2. The highest BCUT2D eigenvalue weighted by Crippen LogP contribution is 2.57. The van der Waals surface area contributed by atoms with Gasteiger partial charge in [-0.1, -0.05) is 55.2 Å². The van der Waals surface area contributed by atoms with Gasteiger partial charge in [-0.25, -0.2) is 0 Å². The Morgan fingerprint density at radius 1 is 1.17 bits per heavy atom. The first kappa shape index (κ1) is 27.7. The molecule has 0 aromatic carbocycles. The summed E-state index contributed by atoms with van der Waals surface area (Å²) in [6.07, 6.45) is 16.2. The summed E-state index contributed by atoms with van der Waals surface area (Å²) in [5.74, 6) is 0.496. The first-order chi connectivity index (χ1) is 16.4. The third-order valence-corrected chi connectivity index (χ3v) is 8.27. The molecule has 5 heteroatoms. The second-order valence-electron chi connectivity index (χ2n) is 12.0. The SMILES string of the molecule is CC(=O)OC1CC(=C/C=C2\CCC[C@]3(C)C(C(C)CCCC(C)(C)O)=CCC23)C[C@@H](OC(C)=O)C1. The van der Waals surface area contributed by atoms with Gasteiger partial charge in [0, 0.05) is 33.1 Å². The van der Waals surface area contributed by atoms with Gasteiger partial charge in [0.1, 0.15) is 12.2 Å². The molecule has 2 saturated carbocycles. The third-order valence-electron chi connectivity index (χ3n) is 8.27. The quantitative estimate of drug-likeness (QED) is 0.309. The van der Waals surface area contributed by atoms with Crippen molar-refractivity contribution in [3.8, 4) is 0 Å². The van der Waals surface area contributed by atoms with Crippen LogP contribution in [0.3, 0.4) is 0 Å². The van der Waals surface area contributed by atoms with E-state index in [4.69, 9.17) is 9.47 Å². The Morgan fingerprint density at radius 3 is 2.37 bits per heavy atom. The number of allylic oxidation sites excluding steroid dienone is 5. The summed E-state index contributed by atoms with van der Waals surface area (Å²) in [5, 5.41) is 10.1. The third kappa shape index (κ3) is 7.55. The predicted molar refractivity (Wildman–Crippen MR) is 139 cm³/mol. The van der Waals surface area contributed by atoms with Crippen LogP contribution >= 0.6 is 0 Å². The Morgan fingerprint density at radius 2 is 1.80 bits per heavy atom. The maximum absolute atomic E-state index is 11.5. The highest BCUT2D eigenvalue weighted by molar-refractivity contribution is 5.67. The van der Waals surface area contributed by atoms with Crippen molar-refractivity contribution in [2.45, 2.75) is 124 Å². The van der Waals surface area contributed by atoms with Crippen LogP contribution < -0.4 is 0 Å². The van der Waals surface area contributed by atoms with Gasteiger partial charge in [0.2, 0.25) is 0 Å². The summed E-state index contributed by atoms with van der Waals surface area (Å²) in [6.45, 7) is 11.5. The van der Waals surface area contributed by atoms with Crippen LogP contribution in [0.15, 0.2) is 34.9 Å². The molecule has 3 unspecified atom stereocenters. The van der Waals surface area contributed by atoms with Gasteiger partial charge in [-0.2, -0.15) is 0 Å². The summed E-state index contributed by atoms with van der Waals surface area (Å²) in [4.78, 5) is 23.1. The number of aliphatic hydroxyl groups is 1. The lowest BCUT2D eigenvalue weighted by Gasteiger charge is -2.42. The van der Waals surface area contributed by atoms with E-state index < -0.39 is 5.60 Å². The molecule has 0 amide bonds. The van der Waals surface area contributed by atoms with Gasteiger partial charge in [-0.15, -0.1) is 0 Å². The Balaban J connectivity index is 1.71. The molecular weight excluding hydrogens is 440 g/mol. The van der Waals surface area contributed by atoms with E-state index in [2.05, 4.69) is 32.1 Å². The summed E-state index contributed by atoms with van der Waals surface area (Å²) in [5.41, 5.74) is 3.93. The summed E-state index contributed by atoms with van der Waals surface area (Å²) in [6, 6.07) is 0. The fourth-order valence-corrected chi connectivity index (χ4v) is 6.75.